The molecule has 0 unspecified atom stereocenters. The average Bonchev–Trinajstić information content (AvgIpc) is 3.02. The smallest absolute Gasteiger partial charge is 0.417 e. The first kappa shape index (κ1) is 28.2. The number of unbranched alkanes of at least 4 members (excludes halogenated alkanes) is 1. The average molecular weight is 521 g/mol. The van der Waals surface area contributed by atoms with E-state index in [9.17, 15) is 27.6 Å². The van der Waals surface area contributed by atoms with E-state index in [1.807, 2.05) is 20.8 Å². The number of rotatable bonds is 6. The van der Waals surface area contributed by atoms with E-state index in [-0.39, 0.29) is 22.9 Å². The predicted molar refractivity (Wildman–Crippen MR) is 129 cm³/mol. The van der Waals surface area contributed by atoms with Gasteiger partial charge in [0.2, 0.25) is 0 Å². The lowest BCUT2D eigenvalue weighted by Crippen LogP contribution is -2.50. The summed E-state index contributed by atoms with van der Waals surface area (Å²) in [6.07, 6.45) is -3.43. The molecular weight excluding hydrogens is 489 g/mol. The summed E-state index contributed by atoms with van der Waals surface area (Å²) in [5, 5.41) is 8.99. The normalized spacial score (nSPS) is 17.5. The highest BCUT2D eigenvalue weighted by atomic mass is 19.4. The van der Waals surface area contributed by atoms with Crippen LogP contribution in [0.4, 0.5) is 23.7 Å². The minimum absolute atomic E-state index is 0.210. The summed E-state index contributed by atoms with van der Waals surface area (Å²) < 4.78 is 45.5. The molecule has 200 valence electrons. The number of halogens is 3. The van der Waals surface area contributed by atoms with Crippen molar-refractivity contribution >= 4 is 23.6 Å². The lowest BCUT2D eigenvalue weighted by Gasteiger charge is -2.35. The molecule has 2 heterocycles. The SMILES string of the molecule is CC1=C(CCCCN2CCN(C(=O)OC(C)(C)C)CC2)C(=O)N(c2ccc(C#N)c(C(F)(F)F)c2)C1=O. The quantitative estimate of drug-likeness (QED) is 0.405. The minimum atomic E-state index is -4.80. The van der Waals surface area contributed by atoms with Gasteiger partial charge in [-0.2, -0.15) is 18.4 Å². The maximum absolute atomic E-state index is 13.4. The minimum Gasteiger partial charge on any atom is -0.444 e. The second-order valence-electron chi connectivity index (χ2n) is 10.2. The molecule has 0 radical (unpaired) electrons. The Morgan fingerprint density at radius 3 is 2.27 bits per heavy atom. The van der Waals surface area contributed by atoms with Crippen molar-refractivity contribution in [3.8, 4) is 6.07 Å². The van der Waals surface area contributed by atoms with Gasteiger partial charge >= 0.3 is 12.3 Å². The molecule has 0 N–H and O–H groups in total. The third-order valence-corrected chi connectivity index (χ3v) is 6.30. The molecule has 0 atom stereocenters. The Kier molecular flexibility index (Phi) is 8.32. The molecule has 37 heavy (non-hydrogen) atoms. The number of ether oxygens (including phenoxy) is 1. The highest BCUT2D eigenvalue weighted by Gasteiger charge is 2.39. The highest BCUT2D eigenvalue weighted by molar-refractivity contribution is 6.32. The molecule has 0 aromatic heterocycles. The number of hydrogen-bond donors (Lipinski definition) is 0. The van der Waals surface area contributed by atoms with Crippen LogP contribution in [0, 0.1) is 11.3 Å². The van der Waals surface area contributed by atoms with Crippen molar-refractivity contribution in [3.05, 3.63) is 40.5 Å². The number of benzene rings is 1. The van der Waals surface area contributed by atoms with Crippen molar-refractivity contribution in [2.45, 2.75) is 58.7 Å². The molecule has 2 aliphatic heterocycles. The van der Waals surface area contributed by atoms with Gasteiger partial charge in [-0.15, -0.1) is 0 Å². The molecule has 8 nitrogen and oxygen atoms in total. The number of carbonyl (C=O) groups excluding carboxylic acids is 3. The zero-order valence-electron chi connectivity index (χ0n) is 21.4. The summed E-state index contributed by atoms with van der Waals surface area (Å²) in [5.41, 5.74) is -2.01. The van der Waals surface area contributed by atoms with Gasteiger partial charge in [0, 0.05) is 37.3 Å². The van der Waals surface area contributed by atoms with Gasteiger partial charge in [-0.3, -0.25) is 14.5 Å². The second kappa shape index (κ2) is 10.9. The van der Waals surface area contributed by atoms with Crippen LogP contribution in [0.1, 0.15) is 58.1 Å². The molecule has 3 rings (SSSR count). The molecule has 1 aromatic rings. The van der Waals surface area contributed by atoms with E-state index >= 15 is 0 Å². The van der Waals surface area contributed by atoms with Crippen LogP contribution in [0.2, 0.25) is 0 Å². The summed E-state index contributed by atoms with van der Waals surface area (Å²) in [5.74, 6) is -1.29. The van der Waals surface area contributed by atoms with Crippen LogP contribution in [0.5, 0.6) is 0 Å². The van der Waals surface area contributed by atoms with Gasteiger partial charge in [0.25, 0.3) is 11.8 Å². The van der Waals surface area contributed by atoms with E-state index in [1.165, 1.54) is 19.1 Å². The van der Waals surface area contributed by atoms with Gasteiger partial charge in [-0.05, 0) is 71.7 Å². The van der Waals surface area contributed by atoms with Crippen molar-refractivity contribution in [2.24, 2.45) is 0 Å². The monoisotopic (exact) mass is 520 g/mol. The van der Waals surface area contributed by atoms with Gasteiger partial charge in [0.1, 0.15) is 5.60 Å². The van der Waals surface area contributed by atoms with Gasteiger partial charge in [0.15, 0.2) is 0 Å². The fraction of sp³-hybridized carbons (Fsp3) is 0.538. The lowest BCUT2D eigenvalue weighted by atomic mass is 10.0. The topological polar surface area (TPSA) is 93.9 Å². The number of carbonyl (C=O) groups is 3. The van der Waals surface area contributed by atoms with E-state index in [2.05, 4.69) is 4.90 Å². The third-order valence-electron chi connectivity index (χ3n) is 6.30. The lowest BCUT2D eigenvalue weighted by molar-refractivity contribution is -0.138. The maximum Gasteiger partial charge on any atom is 0.417 e. The molecule has 0 saturated carbocycles. The largest absolute Gasteiger partial charge is 0.444 e. The summed E-state index contributed by atoms with van der Waals surface area (Å²) in [4.78, 5) is 42.6. The number of imide groups is 1. The molecular formula is C26H31F3N4O4. The molecule has 3 amide bonds. The molecule has 1 fully saturated rings. The van der Waals surface area contributed by atoms with Crippen LogP contribution in [-0.2, 0) is 20.5 Å². The van der Waals surface area contributed by atoms with E-state index in [0.29, 0.717) is 45.1 Å². The first-order chi connectivity index (χ1) is 17.2. The van der Waals surface area contributed by atoms with Crippen molar-refractivity contribution in [3.63, 3.8) is 0 Å². The second-order valence-corrected chi connectivity index (χ2v) is 10.2. The summed E-state index contributed by atoms with van der Waals surface area (Å²) in [7, 11) is 0. The Morgan fingerprint density at radius 2 is 1.70 bits per heavy atom. The zero-order chi connectivity index (χ0) is 27.5. The van der Waals surface area contributed by atoms with E-state index in [1.54, 1.807) is 4.90 Å². The Hall–Kier alpha value is -3.39. The summed E-state index contributed by atoms with van der Waals surface area (Å²) in [6, 6.07) is 4.30. The summed E-state index contributed by atoms with van der Waals surface area (Å²) >= 11 is 0. The first-order valence-electron chi connectivity index (χ1n) is 12.1. The fourth-order valence-electron chi connectivity index (χ4n) is 4.33. The number of piperazine rings is 1. The van der Waals surface area contributed by atoms with Crippen molar-refractivity contribution in [1.29, 1.82) is 5.26 Å². The molecule has 0 bridgehead atoms. The van der Waals surface area contributed by atoms with Crippen molar-refractivity contribution in [2.75, 3.05) is 37.6 Å². The predicted octanol–water partition coefficient (Wildman–Crippen LogP) is 4.49. The number of amides is 3. The first-order valence-corrected chi connectivity index (χ1v) is 12.1. The van der Waals surface area contributed by atoms with Crippen LogP contribution >= 0.6 is 0 Å². The highest BCUT2D eigenvalue weighted by Crippen LogP contribution is 2.36. The molecule has 1 aromatic carbocycles. The summed E-state index contributed by atoms with van der Waals surface area (Å²) in [6.45, 7) is 10.2. The maximum atomic E-state index is 13.4. The van der Waals surface area contributed by atoms with Gasteiger partial charge < -0.3 is 9.64 Å². The van der Waals surface area contributed by atoms with Crippen LogP contribution in [0.25, 0.3) is 0 Å². The third kappa shape index (κ3) is 6.68. The van der Waals surface area contributed by atoms with E-state index in [4.69, 9.17) is 10.00 Å². The number of nitrogens with zero attached hydrogens (tertiary/aromatic N) is 4. The number of nitriles is 1. The number of anilines is 1. The Morgan fingerprint density at radius 1 is 1.05 bits per heavy atom. The Bertz CT molecular complexity index is 1140. The molecule has 0 aliphatic carbocycles. The van der Waals surface area contributed by atoms with Crippen molar-refractivity contribution < 1.29 is 32.3 Å². The van der Waals surface area contributed by atoms with Crippen molar-refractivity contribution in [1.82, 2.24) is 9.80 Å². The standard InChI is InChI=1S/C26H31F3N4O4/c1-17-20(7-5-6-10-31-11-13-32(14-12-31)24(36)37-25(2,3)4)23(35)33(22(17)34)19-9-8-18(16-30)21(15-19)26(27,28)29/h8-9,15H,5-7,10-14H2,1-4H3. The van der Waals surface area contributed by atoms with Crippen LogP contribution in [0.15, 0.2) is 29.3 Å². The Labute approximate surface area is 214 Å². The van der Waals surface area contributed by atoms with Gasteiger partial charge in [0.05, 0.1) is 22.9 Å². The number of hydrogen-bond acceptors (Lipinski definition) is 6. The van der Waals surface area contributed by atoms with Gasteiger partial charge in [-0.1, -0.05) is 0 Å². The van der Waals surface area contributed by atoms with E-state index in [0.717, 1.165) is 23.9 Å². The molecule has 1 saturated heterocycles. The van der Waals surface area contributed by atoms with Gasteiger partial charge in [-0.25, -0.2) is 9.69 Å². The van der Waals surface area contributed by atoms with Crippen LogP contribution in [-0.4, -0.2) is 66.0 Å². The zero-order valence-corrected chi connectivity index (χ0v) is 21.4. The van der Waals surface area contributed by atoms with Crippen LogP contribution < -0.4 is 4.90 Å². The fourth-order valence-corrected chi connectivity index (χ4v) is 4.33. The molecule has 2 aliphatic rings. The number of alkyl halides is 3. The Balaban J connectivity index is 1.53. The molecule has 11 heteroatoms. The van der Waals surface area contributed by atoms with Crippen LogP contribution in [0.3, 0.4) is 0 Å². The molecule has 0 spiro atoms. The van der Waals surface area contributed by atoms with E-state index < -0.39 is 34.7 Å².